The van der Waals surface area contributed by atoms with Gasteiger partial charge >= 0.3 is 0 Å². The van der Waals surface area contributed by atoms with Crippen molar-refractivity contribution in [3.05, 3.63) is 19.7 Å². The molecular weight excluding hydrogens is 782 g/mol. The van der Waals surface area contributed by atoms with Crippen LogP contribution in [-0.4, -0.2) is 15.0 Å². The van der Waals surface area contributed by atoms with Crippen LogP contribution in [0.4, 0.5) is 5.69 Å². The first-order valence-electron chi connectivity index (χ1n) is 20.0. The van der Waals surface area contributed by atoms with E-state index in [0.717, 1.165) is 35.9 Å². The van der Waals surface area contributed by atoms with Crippen molar-refractivity contribution in [2.45, 2.75) is 199 Å². The predicted octanol–water partition coefficient (Wildman–Crippen LogP) is 16.1. The Kier molecular flexibility index (Phi) is 22.3. The van der Waals surface area contributed by atoms with Crippen molar-refractivity contribution in [1.82, 2.24) is 0 Å². The Morgan fingerprint density at radius 2 is 0.896 bits per heavy atom. The number of nitrogens with zero attached hydrogens (tertiary/aromatic N) is 1. The van der Waals surface area contributed by atoms with Gasteiger partial charge in [-0.3, -0.25) is 4.31 Å². The fraction of sp³-hybridized carbons (Fsp3) is 0.800. The van der Waals surface area contributed by atoms with Crippen molar-refractivity contribution in [3.8, 4) is 9.75 Å². The number of unbranched alkanes of at least 4 members (excludes halogenated alkanes) is 24. The monoisotopic (exact) mass is 847 g/mol. The molecule has 3 rings (SSSR count). The minimum Gasteiger partial charge on any atom is -0.264 e. The number of fused-ring (bicyclic) bond motifs is 3. The Morgan fingerprint density at radius 3 is 1.31 bits per heavy atom. The van der Waals surface area contributed by atoms with Crippen molar-refractivity contribution in [1.29, 1.82) is 0 Å². The van der Waals surface area contributed by atoms with E-state index in [1.807, 2.05) is 12.1 Å². The number of halogens is 2. The van der Waals surface area contributed by atoms with Gasteiger partial charge in [0.2, 0.25) is 0 Å². The van der Waals surface area contributed by atoms with Crippen molar-refractivity contribution in [2.75, 3.05) is 10.8 Å². The van der Waals surface area contributed by atoms with Gasteiger partial charge in [0.15, 0.2) is 0 Å². The lowest BCUT2D eigenvalue weighted by Gasteiger charge is -2.32. The molecule has 0 aliphatic carbocycles. The number of hydrogen-bond acceptors (Lipinski definition) is 4. The van der Waals surface area contributed by atoms with Crippen LogP contribution in [0.2, 0.25) is 0 Å². The standard InChI is InChI=1S/C40H67Br2NO2S3/c1-3-5-7-9-11-13-15-17-18-20-22-24-26-28-30-34(29-27-25-23-21-19-16-14-12-10-8-6-4-2)33-43-35-31-37(41)46-39(35)40-36(48(43,44)45)32-38(42)47-40/h31-32,34H,3-30,33H2,1-2H3. The molecule has 1 unspecified atom stereocenters. The first-order valence-corrected chi connectivity index (χ1v) is 24.7. The summed E-state index contributed by atoms with van der Waals surface area (Å²) in [6.45, 7) is 5.18. The van der Waals surface area contributed by atoms with Crippen LogP contribution in [0.15, 0.2) is 24.6 Å². The highest BCUT2D eigenvalue weighted by Crippen LogP contribution is 2.53. The molecule has 1 aliphatic rings. The van der Waals surface area contributed by atoms with Crippen LogP contribution in [0.5, 0.6) is 0 Å². The van der Waals surface area contributed by atoms with E-state index >= 15 is 0 Å². The number of anilines is 1. The van der Waals surface area contributed by atoms with Gasteiger partial charge in [0.05, 0.1) is 23.0 Å². The summed E-state index contributed by atoms with van der Waals surface area (Å²) in [6, 6.07) is 3.84. The molecule has 0 bridgehead atoms. The van der Waals surface area contributed by atoms with Crippen molar-refractivity contribution in [3.63, 3.8) is 0 Å². The third-order valence-corrected chi connectivity index (χ3v) is 15.6. The fourth-order valence-corrected chi connectivity index (χ4v) is 13.0. The molecule has 0 saturated heterocycles. The molecule has 276 valence electrons. The van der Waals surface area contributed by atoms with E-state index in [1.54, 1.807) is 15.6 Å². The molecule has 0 N–H and O–H groups in total. The molecule has 0 amide bonds. The molecule has 3 nitrogen and oxygen atoms in total. The normalized spacial score (nSPS) is 14.4. The van der Waals surface area contributed by atoms with Crippen LogP contribution in [0.25, 0.3) is 9.75 Å². The van der Waals surface area contributed by atoms with Crippen LogP contribution in [0.1, 0.15) is 194 Å². The number of sulfonamides is 1. The van der Waals surface area contributed by atoms with E-state index in [2.05, 4.69) is 45.7 Å². The number of thiophene rings is 2. The maximum absolute atomic E-state index is 14.0. The van der Waals surface area contributed by atoms with Crippen LogP contribution in [0.3, 0.4) is 0 Å². The second kappa shape index (κ2) is 25.1. The minimum atomic E-state index is -3.57. The van der Waals surface area contributed by atoms with Gasteiger partial charge in [-0.1, -0.05) is 181 Å². The van der Waals surface area contributed by atoms with E-state index in [1.165, 1.54) is 178 Å². The van der Waals surface area contributed by atoms with Gasteiger partial charge < -0.3 is 0 Å². The average Bonchev–Trinajstić information content (AvgIpc) is 3.66. The van der Waals surface area contributed by atoms with Crippen LogP contribution in [0, 0.1) is 5.92 Å². The number of rotatable bonds is 30. The summed E-state index contributed by atoms with van der Waals surface area (Å²) in [5.74, 6) is 0.398. The topological polar surface area (TPSA) is 37.4 Å². The Morgan fingerprint density at radius 1 is 0.542 bits per heavy atom. The highest BCUT2D eigenvalue weighted by atomic mass is 79.9. The lowest BCUT2D eigenvalue weighted by Crippen LogP contribution is -2.37. The van der Waals surface area contributed by atoms with Gasteiger partial charge in [0.25, 0.3) is 10.0 Å². The van der Waals surface area contributed by atoms with E-state index in [4.69, 9.17) is 0 Å². The van der Waals surface area contributed by atoms with Crippen molar-refractivity contribution in [2.24, 2.45) is 5.92 Å². The van der Waals surface area contributed by atoms with Gasteiger partial charge in [-0.05, 0) is 62.8 Å². The summed E-state index contributed by atoms with van der Waals surface area (Å²) >= 11 is 10.4. The highest BCUT2D eigenvalue weighted by Gasteiger charge is 2.39. The second-order valence-electron chi connectivity index (χ2n) is 14.5. The van der Waals surface area contributed by atoms with E-state index in [-0.39, 0.29) is 0 Å². The molecule has 0 fully saturated rings. The summed E-state index contributed by atoms with van der Waals surface area (Å²) < 4.78 is 31.6. The minimum absolute atomic E-state index is 0.398. The third kappa shape index (κ3) is 15.4. The molecular formula is C40H67Br2NO2S3. The van der Waals surface area contributed by atoms with Crippen LogP contribution < -0.4 is 4.31 Å². The smallest absolute Gasteiger partial charge is 0.264 e. The molecule has 1 atom stereocenters. The van der Waals surface area contributed by atoms with E-state index < -0.39 is 10.0 Å². The van der Waals surface area contributed by atoms with Gasteiger partial charge in [-0.15, -0.1) is 22.7 Å². The lowest BCUT2D eigenvalue weighted by molar-refractivity contribution is 0.408. The summed E-state index contributed by atoms with van der Waals surface area (Å²) in [6.07, 6.45) is 37.7. The first-order chi connectivity index (χ1) is 23.4. The Labute approximate surface area is 321 Å². The van der Waals surface area contributed by atoms with E-state index in [0.29, 0.717) is 17.4 Å². The molecule has 48 heavy (non-hydrogen) atoms. The Balaban J connectivity index is 1.43. The van der Waals surface area contributed by atoms with Gasteiger partial charge in [-0.2, -0.15) is 0 Å². The largest absolute Gasteiger partial charge is 0.265 e. The summed E-state index contributed by atoms with van der Waals surface area (Å²) in [5, 5.41) is 0. The van der Waals surface area contributed by atoms with E-state index in [9.17, 15) is 8.42 Å². The maximum atomic E-state index is 14.0. The summed E-state index contributed by atoms with van der Waals surface area (Å²) in [4.78, 5) is 2.44. The van der Waals surface area contributed by atoms with Gasteiger partial charge in [0.1, 0.15) is 4.90 Å². The molecule has 3 heterocycles. The van der Waals surface area contributed by atoms with Crippen LogP contribution in [-0.2, 0) is 10.0 Å². The fourth-order valence-electron chi connectivity index (χ4n) is 7.30. The van der Waals surface area contributed by atoms with Crippen molar-refractivity contribution < 1.29 is 8.42 Å². The first kappa shape index (κ1) is 42.5. The second-order valence-corrected chi connectivity index (χ2v) is 21.2. The molecule has 2 aromatic heterocycles. The highest BCUT2D eigenvalue weighted by molar-refractivity contribution is 9.11. The molecule has 0 saturated carbocycles. The summed E-state index contributed by atoms with van der Waals surface area (Å²) in [7, 11) is -3.57. The molecule has 2 aromatic rings. The average molecular weight is 850 g/mol. The van der Waals surface area contributed by atoms with Crippen LogP contribution >= 0.6 is 54.5 Å². The summed E-state index contributed by atoms with van der Waals surface area (Å²) in [5.41, 5.74) is 0.870. The molecule has 0 aromatic carbocycles. The zero-order chi connectivity index (χ0) is 34.5. The Hall–Kier alpha value is 0.110. The molecule has 1 aliphatic heterocycles. The molecule has 8 heteroatoms. The lowest BCUT2D eigenvalue weighted by atomic mass is 9.93. The Bertz CT molecular complexity index is 1230. The van der Waals surface area contributed by atoms with Gasteiger partial charge in [-0.25, -0.2) is 8.42 Å². The zero-order valence-corrected chi connectivity index (χ0v) is 36.1. The SMILES string of the molecule is CCCCCCCCCCCCCCCCC(CCCCCCCCCCCCCC)CN1c2cc(Br)sc2-c2sc(Br)cc2S1(=O)=O. The predicted molar refractivity (Wildman–Crippen MR) is 222 cm³/mol. The molecule has 0 spiro atoms. The zero-order valence-electron chi connectivity index (χ0n) is 30.5. The number of hydrogen-bond donors (Lipinski definition) is 0. The third-order valence-electron chi connectivity index (χ3n) is 10.2. The maximum Gasteiger partial charge on any atom is 0.265 e. The molecule has 0 radical (unpaired) electrons. The quantitative estimate of drug-likeness (QED) is 0.0735. The van der Waals surface area contributed by atoms with Gasteiger partial charge in [0, 0.05) is 6.54 Å². The van der Waals surface area contributed by atoms with Crippen molar-refractivity contribution >= 4 is 70.2 Å².